The minimum atomic E-state index is 0.320. The maximum absolute atomic E-state index is 5.90. The molecule has 1 aliphatic rings. The lowest BCUT2D eigenvalue weighted by Crippen LogP contribution is -2.25. The summed E-state index contributed by atoms with van der Waals surface area (Å²) in [6, 6.07) is 9.01. The fraction of sp³-hybridized carbons (Fsp3) is 0.647. The van der Waals surface area contributed by atoms with Gasteiger partial charge in [0.05, 0.1) is 6.10 Å². The van der Waals surface area contributed by atoms with Gasteiger partial charge in [0.15, 0.2) is 0 Å². The Bertz CT molecular complexity index is 404. The molecular weight excluding hydrogens is 234 g/mol. The van der Waals surface area contributed by atoms with Crippen LogP contribution in [0.15, 0.2) is 24.3 Å². The average molecular weight is 261 g/mol. The number of hydrogen-bond acceptors (Lipinski definition) is 2. The molecule has 2 heteroatoms. The Morgan fingerprint density at radius 3 is 2.63 bits per heavy atom. The first-order valence-corrected chi connectivity index (χ1v) is 7.48. The standard InChI is InChI=1S/C17H27NO/c1-5-18-16(12-17(2,3)4)13-7-6-8-15(11-13)19-14-9-10-14/h6-8,11,14,16,18H,5,9-10,12H2,1-4H3. The molecule has 2 rings (SSSR count). The van der Waals surface area contributed by atoms with Crippen LogP contribution in [0.5, 0.6) is 5.75 Å². The molecule has 1 aromatic carbocycles. The molecule has 1 fully saturated rings. The van der Waals surface area contributed by atoms with Gasteiger partial charge in [-0.25, -0.2) is 0 Å². The first-order valence-electron chi connectivity index (χ1n) is 7.48. The van der Waals surface area contributed by atoms with E-state index in [0.717, 1.165) is 18.7 Å². The molecule has 0 bridgehead atoms. The van der Waals surface area contributed by atoms with E-state index in [1.165, 1.54) is 18.4 Å². The van der Waals surface area contributed by atoms with E-state index < -0.39 is 0 Å². The average Bonchev–Trinajstić information content (AvgIpc) is 3.11. The van der Waals surface area contributed by atoms with Crippen LogP contribution in [0, 0.1) is 5.41 Å². The van der Waals surface area contributed by atoms with Crippen LogP contribution in [0.25, 0.3) is 0 Å². The third-order valence-corrected chi connectivity index (χ3v) is 3.35. The van der Waals surface area contributed by atoms with Gasteiger partial charge in [0.25, 0.3) is 0 Å². The first kappa shape index (κ1) is 14.4. The van der Waals surface area contributed by atoms with Crippen molar-refractivity contribution in [2.24, 2.45) is 5.41 Å². The van der Waals surface area contributed by atoms with Crippen molar-refractivity contribution >= 4 is 0 Å². The Labute approximate surface area is 117 Å². The van der Waals surface area contributed by atoms with Gasteiger partial charge < -0.3 is 10.1 Å². The van der Waals surface area contributed by atoms with Crippen LogP contribution in [-0.2, 0) is 0 Å². The molecule has 1 unspecified atom stereocenters. The highest BCUT2D eigenvalue weighted by atomic mass is 16.5. The van der Waals surface area contributed by atoms with Gasteiger partial charge in [-0.2, -0.15) is 0 Å². The van der Waals surface area contributed by atoms with Gasteiger partial charge in [-0.15, -0.1) is 0 Å². The van der Waals surface area contributed by atoms with Crippen molar-refractivity contribution in [3.63, 3.8) is 0 Å². The normalized spacial score (nSPS) is 17.3. The highest BCUT2D eigenvalue weighted by Crippen LogP contribution is 2.32. The molecule has 19 heavy (non-hydrogen) atoms. The first-order chi connectivity index (χ1) is 8.98. The molecular formula is C17H27NO. The third-order valence-electron chi connectivity index (χ3n) is 3.35. The second-order valence-corrected chi connectivity index (χ2v) is 6.76. The summed E-state index contributed by atoms with van der Waals surface area (Å²) in [6.07, 6.45) is 4.02. The van der Waals surface area contributed by atoms with Crippen LogP contribution in [-0.4, -0.2) is 12.6 Å². The Morgan fingerprint density at radius 2 is 2.05 bits per heavy atom. The second-order valence-electron chi connectivity index (χ2n) is 6.76. The predicted octanol–water partition coefficient (Wildman–Crippen LogP) is 4.31. The molecule has 0 amide bonds. The van der Waals surface area contributed by atoms with E-state index in [1.54, 1.807) is 0 Å². The largest absolute Gasteiger partial charge is 0.490 e. The molecule has 1 aromatic rings. The lowest BCUT2D eigenvalue weighted by Gasteiger charge is -2.27. The lowest BCUT2D eigenvalue weighted by molar-refractivity contribution is 0.298. The summed E-state index contributed by atoms with van der Waals surface area (Å²) in [4.78, 5) is 0. The Hall–Kier alpha value is -1.02. The van der Waals surface area contributed by atoms with Crippen LogP contribution < -0.4 is 10.1 Å². The van der Waals surface area contributed by atoms with Gasteiger partial charge in [-0.05, 0) is 48.9 Å². The van der Waals surface area contributed by atoms with E-state index in [0.29, 0.717) is 17.6 Å². The summed E-state index contributed by atoms with van der Waals surface area (Å²) >= 11 is 0. The van der Waals surface area contributed by atoms with E-state index >= 15 is 0 Å². The van der Waals surface area contributed by atoms with Crippen molar-refractivity contribution in [3.05, 3.63) is 29.8 Å². The van der Waals surface area contributed by atoms with Gasteiger partial charge in [0.1, 0.15) is 5.75 Å². The number of ether oxygens (including phenoxy) is 1. The molecule has 0 aromatic heterocycles. The smallest absolute Gasteiger partial charge is 0.120 e. The fourth-order valence-electron chi connectivity index (χ4n) is 2.35. The van der Waals surface area contributed by atoms with Crippen molar-refractivity contribution < 1.29 is 4.74 Å². The minimum Gasteiger partial charge on any atom is -0.490 e. The highest BCUT2D eigenvalue weighted by Gasteiger charge is 2.24. The summed E-state index contributed by atoms with van der Waals surface area (Å²) in [7, 11) is 0. The number of nitrogens with one attached hydrogen (secondary N) is 1. The Balaban J connectivity index is 2.10. The minimum absolute atomic E-state index is 0.320. The summed E-state index contributed by atoms with van der Waals surface area (Å²) in [5.74, 6) is 1.02. The van der Waals surface area contributed by atoms with Gasteiger partial charge in [0.2, 0.25) is 0 Å². The molecule has 0 heterocycles. The van der Waals surface area contributed by atoms with Gasteiger partial charge >= 0.3 is 0 Å². The molecule has 1 N–H and O–H groups in total. The monoisotopic (exact) mass is 261 g/mol. The van der Waals surface area contributed by atoms with Crippen molar-refractivity contribution in [3.8, 4) is 5.75 Å². The molecule has 2 nitrogen and oxygen atoms in total. The van der Waals surface area contributed by atoms with Gasteiger partial charge in [0, 0.05) is 6.04 Å². The zero-order valence-corrected chi connectivity index (χ0v) is 12.7. The number of benzene rings is 1. The van der Waals surface area contributed by atoms with Gasteiger partial charge in [-0.1, -0.05) is 39.8 Å². The highest BCUT2D eigenvalue weighted by molar-refractivity contribution is 5.31. The lowest BCUT2D eigenvalue weighted by atomic mass is 9.85. The van der Waals surface area contributed by atoms with Crippen LogP contribution >= 0.6 is 0 Å². The quantitative estimate of drug-likeness (QED) is 0.823. The van der Waals surface area contributed by atoms with Crippen LogP contribution in [0.1, 0.15) is 58.6 Å². The van der Waals surface area contributed by atoms with Crippen molar-refractivity contribution in [1.82, 2.24) is 5.32 Å². The van der Waals surface area contributed by atoms with E-state index in [-0.39, 0.29) is 0 Å². The SMILES string of the molecule is CCNC(CC(C)(C)C)c1cccc(OC2CC2)c1. The Kier molecular flexibility index (Phi) is 4.51. The molecule has 0 radical (unpaired) electrons. The number of rotatable bonds is 6. The maximum Gasteiger partial charge on any atom is 0.120 e. The topological polar surface area (TPSA) is 21.3 Å². The van der Waals surface area contributed by atoms with E-state index in [2.05, 4.69) is 57.3 Å². The van der Waals surface area contributed by atoms with Crippen molar-refractivity contribution in [2.75, 3.05) is 6.54 Å². The molecule has 1 aliphatic carbocycles. The summed E-state index contributed by atoms with van der Waals surface area (Å²) in [5, 5.41) is 3.60. The van der Waals surface area contributed by atoms with Crippen molar-refractivity contribution in [1.29, 1.82) is 0 Å². The zero-order chi connectivity index (χ0) is 13.9. The molecule has 1 saturated carbocycles. The van der Waals surface area contributed by atoms with Crippen LogP contribution in [0.3, 0.4) is 0 Å². The molecule has 1 atom stereocenters. The number of hydrogen-bond donors (Lipinski definition) is 1. The molecule has 106 valence electrons. The van der Waals surface area contributed by atoms with E-state index in [4.69, 9.17) is 4.74 Å². The maximum atomic E-state index is 5.90. The molecule has 0 spiro atoms. The van der Waals surface area contributed by atoms with E-state index in [9.17, 15) is 0 Å². The third kappa shape index (κ3) is 4.87. The molecule has 0 aliphatic heterocycles. The van der Waals surface area contributed by atoms with Crippen LogP contribution in [0.4, 0.5) is 0 Å². The summed E-state index contributed by atoms with van der Waals surface area (Å²) < 4.78 is 5.90. The summed E-state index contributed by atoms with van der Waals surface area (Å²) in [6.45, 7) is 10.0. The zero-order valence-electron chi connectivity index (χ0n) is 12.7. The Morgan fingerprint density at radius 1 is 1.32 bits per heavy atom. The fourth-order valence-corrected chi connectivity index (χ4v) is 2.35. The van der Waals surface area contributed by atoms with Crippen LogP contribution in [0.2, 0.25) is 0 Å². The predicted molar refractivity (Wildman–Crippen MR) is 80.6 cm³/mol. The summed E-state index contributed by atoms with van der Waals surface area (Å²) in [5.41, 5.74) is 1.66. The van der Waals surface area contributed by atoms with Crippen molar-refractivity contribution in [2.45, 2.75) is 59.1 Å². The van der Waals surface area contributed by atoms with Gasteiger partial charge in [-0.3, -0.25) is 0 Å². The molecule has 0 saturated heterocycles. The second kappa shape index (κ2) is 5.96. The van der Waals surface area contributed by atoms with E-state index in [1.807, 2.05) is 0 Å².